The maximum absolute atomic E-state index is 13.5. The second-order valence-corrected chi connectivity index (χ2v) is 3.93. The topological polar surface area (TPSA) is 64.3 Å². The number of amides is 1. The summed E-state index contributed by atoms with van der Waals surface area (Å²) in [6.45, 7) is 0. The molecule has 0 radical (unpaired) electrons. The van der Waals surface area contributed by atoms with Crippen LogP contribution in [0.3, 0.4) is 0 Å². The van der Waals surface area contributed by atoms with E-state index in [9.17, 15) is 9.18 Å². The van der Waals surface area contributed by atoms with Crippen molar-refractivity contribution in [3.8, 4) is 5.75 Å². The molecule has 2 aromatic rings. The Hall–Kier alpha value is -2.56. The molecule has 0 saturated carbocycles. The number of nitrogen functional groups attached to an aromatic ring is 1. The SMILES string of the molecule is COc1ccc(NC(=O)c2ccc(N)cc2)cc1F. The van der Waals surface area contributed by atoms with Gasteiger partial charge in [0.05, 0.1) is 7.11 Å². The van der Waals surface area contributed by atoms with Crippen molar-refractivity contribution in [3.63, 3.8) is 0 Å². The number of halogens is 1. The van der Waals surface area contributed by atoms with Crippen LogP contribution >= 0.6 is 0 Å². The first kappa shape index (κ1) is 12.9. The molecule has 0 aliphatic rings. The van der Waals surface area contributed by atoms with Crippen LogP contribution in [-0.2, 0) is 0 Å². The number of anilines is 2. The molecule has 2 aromatic carbocycles. The molecule has 0 saturated heterocycles. The number of nitrogens with one attached hydrogen (secondary N) is 1. The van der Waals surface area contributed by atoms with Crippen LogP contribution in [0.4, 0.5) is 15.8 Å². The number of benzene rings is 2. The molecule has 4 nitrogen and oxygen atoms in total. The Morgan fingerprint density at radius 1 is 1.21 bits per heavy atom. The first-order valence-corrected chi connectivity index (χ1v) is 5.60. The van der Waals surface area contributed by atoms with Gasteiger partial charge < -0.3 is 15.8 Å². The van der Waals surface area contributed by atoms with Crippen LogP contribution in [0.15, 0.2) is 42.5 Å². The average molecular weight is 260 g/mol. The lowest BCUT2D eigenvalue weighted by atomic mass is 10.2. The van der Waals surface area contributed by atoms with Crippen molar-refractivity contribution in [2.75, 3.05) is 18.2 Å². The number of rotatable bonds is 3. The van der Waals surface area contributed by atoms with Crippen molar-refractivity contribution in [1.82, 2.24) is 0 Å². The molecule has 0 heterocycles. The fourth-order valence-corrected chi connectivity index (χ4v) is 1.58. The molecule has 0 aliphatic heterocycles. The number of carbonyl (C=O) groups excluding carboxylic acids is 1. The maximum atomic E-state index is 13.5. The van der Waals surface area contributed by atoms with Gasteiger partial charge in [0.2, 0.25) is 0 Å². The van der Waals surface area contributed by atoms with Crippen LogP contribution in [0.5, 0.6) is 5.75 Å². The predicted molar refractivity (Wildman–Crippen MR) is 71.8 cm³/mol. The molecule has 0 fully saturated rings. The molecule has 2 rings (SSSR count). The minimum atomic E-state index is -0.530. The third-order valence-electron chi connectivity index (χ3n) is 2.58. The highest BCUT2D eigenvalue weighted by molar-refractivity contribution is 6.04. The summed E-state index contributed by atoms with van der Waals surface area (Å²) < 4.78 is 18.3. The van der Waals surface area contributed by atoms with E-state index in [2.05, 4.69) is 5.32 Å². The predicted octanol–water partition coefficient (Wildman–Crippen LogP) is 2.67. The summed E-state index contributed by atoms with van der Waals surface area (Å²) in [5.41, 5.74) is 6.92. The highest BCUT2D eigenvalue weighted by Crippen LogP contribution is 2.21. The lowest BCUT2D eigenvalue weighted by molar-refractivity contribution is 0.102. The quantitative estimate of drug-likeness (QED) is 0.834. The van der Waals surface area contributed by atoms with Crippen molar-refractivity contribution in [1.29, 1.82) is 0 Å². The summed E-state index contributed by atoms with van der Waals surface area (Å²) in [7, 11) is 1.38. The van der Waals surface area contributed by atoms with E-state index < -0.39 is 5.82 Å². The number of ether oxygens (including phenoxy) is 1. The summed E-state index contributed by atoms with van der Waals surface area (Å²) in [5, 5.41) is 2.59. The van der Waals surface area contributed by atoms with Crippen LogP contribution < -0.4 is 15.8 Å². The van der Waals surface area contributed by atoms with Crippen LogP contribution in [0.25, 0.3) is 0 Å². The Balaban J connectivity index is 2.14. The van der Waals surface area contributed by atoms with E-state index >= 15 is 0 Å². The van der Waals surface area contributed by atoms with Crippen molar-refractivity contribution >= 4 is 17.3 Å². The van der Waals surface area contributed by atoms with Crippen LogP contribution in [0.2, 0.25) is 0 Å². The van der Waals surface area contributed by atoms with Gasteiger partial charge in [-0.15, -0.1) is 0 Å². The summed E-state index contributed by atoms with van der Waals surface area (Å²) in [5.74, 6) is -0.729. The molecule has 0 bridgehead atoms. The molecule has 0 spiro atoms. The molecule has 0 aliphatic carbocycles. The fraction of sp³-hybridized carbons (Fsp3) is 0.0714. The van der Waals surface area contributed by atoms with Crippen molar-refractivity contribution < 1.29 is 13.9 Å². The van der Waals surface area contributed by atoms with E-state index in [4.69, 9.17) is 10.5 Å². The Morgan fingerprint density at radius 3 is 2.47 bits per heavy atom. The fourth-order valence-electron chi connectivity index (χ4n) is 1.58. The standard InChI is InChI=1S/C14H13FN2O2/c1-19-13-7-6-11(8-12(13)15)17-14(18)9-2-4-10(16)5-3-9/h2-8H,16H2,1H3,(H,17,18). The number of hydrogen-bond donors (Lipinski definition) is 2. The molecular weight excluding hydrogens is 247 g/mol. The van der Waals surface area contributed by atoms with Gasteiger partial charge in [-0.05, 0) is 36.4 Å². The number of carbonyl (C=O) groups is 1. The molecule has 3 N–H and O–H groups in total. The smallest absolute Gasteiger partial charge is 0.255 e. The average Bonchev–Trinajstić information content (AvgIpc) is 2.39. The van der Waals surface area contributed by atoms with E-state index in [1.165, 1.54) is 19.2 Å². The molecule has 0 unspecified atom stereocenters. The van der Waals surface area contributed by atoms with E-state index in [-0.39, 0.29) is 11.7 Å². The highest BCUT2D eigenvalue weighted by atomic mass is 19.1. The maximum Gasteiger partial charge on any atom is 0.255 e. The van der Waals surface area contributed by atoms with Gasteiger partial charge in [-0.3, -0.25) is 4.79 Å². The zero-order valence-corrected chi connectivity index (χ0v) is 10.3. The molecule has 98 valence electrons. The second-order valence-electron chi connectivity index (χ2n) is 3.93. The Bertz CT molecular complexity index is 597. The van der Waals surface area contributed by atoms with Crippen molar-refractivity contribution in [2.24, 2.45) is 0 Å². The molecule has 5 heteroatoms. The Labute approximate surface area is 110 Å². The lowest BCUT2D eigenvalue weighted by Crippen LogP contribution is -2.12. The number of methoxy groups -OCH3 is 1. The first-order valence-electron chi connectivity index (χ1n) is 5.60. The summed E-state index contributed by atoms with van der Waals surface area (Å²) >= 11 is 0. The number of hydrogen-bond acceptors (Lipinski definition) is 3. The van der Waals surface area contributed by atoms with Gasteiger partial charge in [0.25, 0.3) is 5.91 Å². The zero-order valence-electron chi connectivity index (χ0n) is 10.3. The van der Waals surface area contributed by atoms with Gasteiger partial charge in [-0.1, -0.05) is 0 Å². The minimum Gasteiger partial charge on any atom is -0.494 e. The zero-order chi connectivity index (χ0) is 13.8. The third-order valence-corrected chi connectivity index (χ3v) is 2.58. The molecule has 1 amide bonds. The normalized spacial score (nSPS) is 10.0. The molecule has 0 aromatic heterocycles. The number of nitrogens with two attached hydrogens (primary N) is 1. The second kappa shape index (κ2) is 5.39. The molecular formula is C14H13FN2O2. The summed E-state index contributed by atoms with van der Waals surface area (Å²) in [6.07, 6.45) is 0. The first-order chi connectivity index (χ1) is 9.10. The largest absolute Gasteiger partial charge is 0.494 e. The lowest BCUT2D eigenvalue weighted by Gasteiger charge is -2.07. The van der Waals surface area contributed by atoms with Gasteiger partial charge >= 0.3 is 0 Å². The van der Waals surface area contributed by atoms with E-state index in [1.54, 1.807) is 30.3 Å². The van der Waals surface area contributed by atoms with Crippen molar-refractivity contribution in [2.45, 2.75) is 0 Å². The van der Waals surface area contributed by atoms with Gasteiger partial charge in [0.15, 0.2) is 11.6 Å². The van der Waals surface area contributed by atoms with Crippen molar-refractivity contribution in [3.05, 3.63) is 53.8 Å². The van der Waals surface area contributed by atoms with Crippen LogP contribution in [-0.4, -0.2) is 13.0 Å². The van der Waals surface area contributed by atoms with Gasteiger partial charge in [-0.25, -0.2) is 4.39 Å². The van der Waals surface area contributed by atoms with Crippen LogP contribution in [0.1, 0.15) is 10.4 Å². The summed E-state index contributed by atoms with van der Waals surface area (Å²) in [4.78, 5) is 11.9. The van der Waals surface area contributed by atoms with Gasteiger partial charge in [0, 0.05) is 23.0 Å². The monoisotopic (exact) mass is 260 g/mol. The Morgan fingerprint density at radius 2 is 1.89 bits per heavy atom. The van der Waals surface area contributed by atoms with E-state index in [0.717, 1.165) is 0 Å². The highest BCUT2D eigenvalue weighted by Gasteiger charge is 2.08. The van der Waals surface area contributed by atoms with Crippen LogP contribution in [0, 0.1) is 5.82 Å². The Kier molecular flexibility index (Phi) is 3.66. The molecule has 19 heavy (non-hydrogen) atoms. The minimum absolute atomic E-state index is 0.130. The molecule has 0 atom stereocenters. The van der Waals surface area contributed by atoms with Gasteiger partial charge in [-0.2, -0.15) is 0 Å². The van der Waals surface area contributed by atoms with E-state index in [1.807, 2.05) is 0 Å². The summed E-state index contributed by atoms with van der Waals surface area (Å²) in [6, 6.07) is 10.7. The van der Waals surface area contributed by atoms with Gasteiger partial charge in [0.1, 0.15) is 0 Å². The third kappa shape index (κ3) is 3.01. The van der Waals surface area contributed by atoms with E-state index in [0.29, 0.717) is 16.9 Å².